The van der Waals surface area contributed by atoms with Crippen molar-refractivity contribution in [2.75, 3.05) is 6.54 Å². The first-order chi connectivity index (χ1) is 8.08. The lowest BCUT2D eigenvalue weighted by Gasteiger charge is -2.33. The van der Waals surface area contributed by atoms with Gasteiger partial charge in [0.1, 0.15) is 5.78 Å². The van der Waals surface area contributed by atoms with Crippen molar-refractivity contribution in [1.29, 1.82) is 0 Å². The predicted octanol–water partition coefficient (Wildman–Crippen LogP) is 2.72. The molecule has 5 heteroatoms. The van der Waals surface area contributed by atoms with Crippen molar-refractivity contribution in [3.8, 4) is 0 Å². The van der Waals surface area contributed by atoms with Crippen molar-refractivity contribution < 1.29 is 14.7 Å². The Labute approximate surface area is 104 Å². The van der Waals surface area contributed by atoms with Gasteiger partial charge in [-0.15, -0.1) is 0 Å². The molecule has 1 atom stereocenters. The summed E-state index contributed by atoms with van der Waals surface area (Å²) >= 11 is 5.78. The molecule has 1 saturated heterocycles. The van der Waals surface area contributed by atoms with Gasteiger partial charge in [0, 0.05) is 24.4 Å². The molecule has 1 aliphatic heterocycles. The Hall–Kier alpha value is -1.55. The van der Waals surface area contributed by atoms with E-state index < -0.39 is 6.09 Å². The van der Waals surface area contributed by atoms with E-state index in [0.29, 0.717) is 11.4 Å². The number of carbonyl (C=O) groups excluding carboxylic acids is 1. The van der Waals surface area contributed by atoms with Crippen LogP contribution < -0.4 is 0 Å². The number of carboxylic acid groups (broad SMARTS) is 1. The largest absolute Gasteiger partial charge is 0.465 e. The summed E-state index contributed by atoms with van der Waals surface area (Å²) in [4.78, 5) is 23.8. The summed E-state index contributed by atoms with van der Waals surface area (Å²) in [7, 11) is 0. The molecule has 1 aliphatic rings. The maximum Gasteiger partial charge on any atom is 0.407 e. The van der Waals surface area contributed by atoms with Gasteiger partial charge in [-0.25, -0.2) is 4.79 Å². The summed E-state index contributed by atoms with van der Waals surface area (Å²) in [5.41, 5.74) is 0.810. The highest BCUT2D eigenvalue weighted by Gasteiger charge is 2.31. The summed E-state index contributed by atoms with van der Waals surface area (Å²) in [6, 6.07) is 6.56. The zero-order valence-electron chi connectivity index (χ0n) is 9.10. The molecule has 1 aromatic carbocycles. The number of benzene rings is 1. The van der Waals surface area contributed by atoms with Gasteiger partial charge in [-0.1, -0.05) is 23.7 Å². The van der Waals surface area contributed by atoms with Gasteiger partial charge in [0.15, 0.2) is 0 Å². The first kappa shape index (κ1) is 11.9. The van der Waals surface area contributed by atoms with Gasteiger partial charge in [0.2, 0.25) is 0 Å². The van der Waals surface area contributed by atoms with Gasteiger partial charge < -0.3 is 10.0 Å². The van der Waals surface area contributed by atoms with Crippen molar-refractivity contribution in [1.82, 2.24) is 4.90 Å². The van der Waals surface area contributed by atoms with Crippen molar-refractivity contribution in [3.63, 3.8) is 0 Å². The van der Waals surface area contributed by atoms with E-state index in [4.69, 9.17) is 16.7 Å². The predicted molar refractivity (Wildman–Crippen MR) is 63.2 cm³/mol. The third kappa shape index (κ3) is 2.58. The number of nitrogens with zero attached hydrogens (tertiary/aromatic N) is 1. The summed E-state index contributed by atoms with van der Waals surface area (Å²) < 4.78 is 0. The molecule has 1 unspecified atom stereocenters. The number of piperidine rings is 1. The highest BCUT2D eigenvalue weighted by Crippen LogP contribution is 2.29. The molecule has 0 saturated carbocycles. The fourth-order valence-corrected chi connectivity index (χ4v) is 2.17. The van der Waals surface area contributed by atoms with E-state index in [2.05, 4.69) is 0 Å². The number of hydrogen-bond acceptors (Lipinski definition) is 2. The molecule has 0 radical (unpaired) electrons. The molecular formula is C12H12ClNO3. The fraction of sp³-hybridized carbons (Fsp3) is 0.333. The summed E-state index contributed by atoms with van der Waals surface area (Å²) in [6.45, 7) is 0.265. The van der Waals surface area contributed by atoms with Gasteiger partial charge >= 0.3 is 6.09 Å². The molecule has 1 heterocycles. The van der Waals surface area contributed by atoms with Crippen LogP contribution in [0.4, 0.5) is 4.79 Å². The number of ketones is 1. The van der Waals surface area contributed by atoms with E-state index in [1.807, 2.05) is 0 Å². The molecule has 90 valence electrons. The maximum absolute atomic E-state index is 11.4. The van der Waals surface area contributed by atoms with Crippen LogP contribution in [0.3, 0.4) is 0 Å². The SMILES string of the molecule is O=C1CCN(C(=O)O)C(c2ccc(Cl)cc2)C1. The second-order valence-electron chi connectivity index (χ2n) is 4.04. The molecule has 0 aliphatic carbocycles. The number of carbonyl (C=O) groups is 2. The third-order valence-corrected chi connectivity index (χ3v) is 3.18. The standard InChI is InChI=1S/C12H12ClNO3/c13-9-3-1-8(2-4-9)11-7-10(15)5-6-14(11)12(16)17/h1-4,11H,5-7H2,(H,16,17). The van der Waals surface area contributed by atoms with Crippen LogP contribution in [0.1, 0.15) is 24.4 Å². The molecule has 1 amide bonds. The topological polar surface area (TPSA) is 57.6 Å². The van der Waals surface area contributed by atoms with Gasteiger partial charge in [-0.3, -0.25) is 4.79 Å². The zero-order chi connectivity index (χ0) is 12.4. The molecule has 2 rings (SSSR count). The third-order valence-electron chi connectivity index (χ3n) is 2.93. The molecule has 0 spiro atoms. The quantitative estimate of drug-likeness (QED) is 0.837. The Bertz CT molecular complexity index is 444. The number of likely N-dealkylation sites (tertiary alicyclic amines) is 1. The Morgan fingerprint density at radius 1 is 1.35 bits per heavy atom. The Balaban J connectivity index is 2.28. The molecular weight excluding hydrogens is 242 g/mol. The smallest absolute Gasteiger partial charge is 0.407 e. The highest BCUT2D eigenvalue weighted by molar-refractivity contribution is 6.30. The monoisotopic (exact) mass is 253 g/mol. The van der Waals surface area contributed by atoms with Crippen LogP contribution in [0.15, 0.2) is 24.3 Å². The minimum absolute atomic E-state index is 0.0995. The number of hydrogen-bond donors (Lipinski definition) is 1. The van der Waals surface area contributed by atoms with Crippen LogP contribution in [-0.2, 0) is 4.79 Å². The number of rotatable bonds is 1. The molecule has 4 nitrogen and oxygen atoms in total. The van der Waals surface area contributed by atoms with Crippen molar-refractivity contribution >= 4 is 23.5 Å². The highest BCUT2D eigenvalue weighted by atomic mass is 35.5. The lowest BCUT2D eigenvalue weighted by atomic mass is 9.95. The Morgan fingerprint density at radius 2 is 2.00 bits per heavy atom. The normalized spacial score (nSPS) is 20.4. The second kappa shape index (κ2) is 4.75. The lowest BCUT2D eigenvalue weighted by molar-refractivity contribution is -0.122. The lowest BCUT2D eigenvalue weighted by Crippen LogP contribution is -2.40. The summed E-state index contributed by atoms with van der Waals surface area (Å²) in [5.74, 6) is 0.0995. The van der Waals surface area contributed by atoms with E-state index in [-0.39, 0.29) is 24.8 Å². The van der Waals surface area contributed by atoms with Gasteiger partial charge in [0.25, 0.3) is 0 Å². The summed E-state index contributed by atoms with van der Waals surface area (Å²) in [6.07, 6.45) is -0.443. The van der Waals surface area contributed by atoms with Crippen molar-refractivity contribution in [2.45, 2.75) is 18.9 Å². The second-order valence-corrected chi connectivity index (χ2v) is 4.47. The first-order valence-corrected chi connectivity index (χ1v) is 5.72. The maximum atomic E-state index is 11.4. The minimum Gasteiger partial charge on any atom is -0.465 e. The molecule has 1 N–H and O–H groups in total. The molecule has 0 aromatic heterocycles. The van der Waals surface area contributed by atoms with E-state index in [1.165, 1.54) is 4.90 Å². The van der Waals surface area contributed by atoms with Crippen LogP contribution >= 0.6 is 11.6 Å². The van der Waals surface area contributed by atoms with Crippen molar-refractivity contribution in [3.05, 3.63) is 34.9 Å². The first-order valence-electron chi connectivity index (χ1n) is 5.34. The van der Waals surface area contributed by atoms with Gasteiger partial charge in [-0.05, 0) is 17.7 Å². The molecule has 1 fully saturated rings. The number of halogens is 1. The minimum atomic E-state index is -0.988. The van der Waals surface area contributed by atoms with E-state index in [0.717, 1.165) is 5.56 Å². The average molecular weight is 254 g/mol. The number of Topliss-reactive ketones (excluding diaryl/α,β-unsaturated/α-hetero) is 1. The van der Waals surface area contributed by atoms with Crippen LogP contribution in [0.2, 0.25) is 5.02 Å². The van der Waals surface area contributed by atoms with Crippen LogP contribution in [0, 0.1) is 0 Å². The van der Waals surface area contributed by atoms with Crippen molar-refractivity contribution in [2.24, 2.45) is 0 Å². The zero-order valence-corrected chi connectivity index (χ0v) is 9.85. The molecule has 1 aromatic rings. The fourth-order valence-electron chi connectivity index (χ4n) is 2.04. The van der Waals surface area contributed by atoms with E-state index >= 15 is 0 Å². The summed E-state index contributed by atoms with van der Waals surface area (Å²) in [5, 5.41) is 9.69. The van der Waals surface area contributed by atoms with E-state index in [1.54, 1.807) is 24.3 Å². The Morgan fingerprint density at radius 3 is 2.59 bits per heavy atom. The number of amides is 1. The van der Waals surface area contributed by atoms with Crippen LogP contribution in [-0.4, -0.2) is 28.4 Å². The van der Waals surface area contributed by atoms with Crippen LogP contribution in [0.5, 0.6) is 0 Å². The molecule has 0 bridgehead atoms. The molecule has 17 heavy (non-hydrogen) atoms. The Kier molecular flexibility index (Phi) is 3.33. The van der Waals surface area contributed by atoms with Gasteiger partial charge in [-0.2, -0.15) is 0 Å². The van der Waals surface area contributed by atoms with Crippen LogP contribution in [0.25, 0.3) is 0 Å². The van der Waals surface area contributed by atoms with Gasteiger partial charge in [0.05, 0.1) is 6.04 Å². The average Bonchev–Trinajstić information content (AvgIpc) is 2.29. The van der Waals surface area contributed by atoms with E-state index in [9.17, 15) is 9.59 Å².